The molecule has 1 N–H and O–H groups in total. The molecule has 0 atom stereocenters. The number of aryl methyl sites for hydroxylation is 2. The zero-order valence-corrected chi connectivity index (χ0v) is 13.8. The summed E-state index contributed by atoms with van der Waals surface area (Å²) in [6.07, 6.45) is 0. The Kier molecular flexibility index (Phi) is 5.21. The lowest BCUT2D eigenvalue weighted by atomic mass is 10.1. The van der Waals surface area contributed by atoms with E-state index in [9.17, 15) is 4.79 Å². The van der Waals surface area contributed by atoms with Crippen molar-refractivity contribution in [2.45, 2.75) is 27.7 Å². The van der Waals surface area contributed by atoms with E-state index in [4.69, 9.17) is 0 Å². The first kappa shape index (κ1) is 16.1. The quantitative estimate of drug-likeness (QED) is 0.901. The van der Waals surface area contributed by atoms with E-state index in [2.05, 4.69) is 49.2 Å². The molecular weight excluding hydrogens is 272 g/mol. The van der Waals surface area contributed by atoms with Crippen LogP contribution in [0.15, 0.2) is 42.5 Å². The maximum Gasteiger partial charge on any atom is 0.243 e. The van der Waals surface area contributed by atoms with E-state index < -0.39 is 0 Å². The first-order chi connectivity index (χ1) is 10.5. The molecule has 0 saturated heterocycles. The maximum absolute atomic E-state index is 12.4. The lowest BCUT2D eigenvalue weighted by molar-refractivity contribution is -0.115. The number of nitrogens with zero attached hydrogens (tertiary/aromatic N) is 1. The second kappa shape index (κ2) is 7.12. The van der Waals surface area contributed by atoms with Crippen LogP contribution in [-0.2, 0) is 4.79 Å². The first-order valence-electron chi connectivity index (χ1n) is 7.69. The summed E-state index contributed by atoms with van der Waals surface area (Å²) in [7, 11) is 0. The summed E-state index contributed by atoms with van der Waals surface area (Å²) in [5.41, 5.74) is 5.48. The van der Waals surface area contributed by atoms with Gasteiger partial charge in [-0.25, -0.2) is 0 Å². The van der Waals surface area contributed by atoms with Crippen molar-refractivity contribution in [1.29, 1.82) is 0 Å². The van der Waals surface area contributed by atoms with E-state index in [1.165, 1.54) is 11.1 Å². The zero-order valence-electron chi connectivity index (χ0n) is 13.8. The van der Waals surface area contributed by atoms with E-state index in [0.717, 1.165) is 23.5 Å². The summed E-state index contributed by atoms with van der Waals surface area (Å²) in [6, 6.07) is 14.2. The molecule has 2 rings (SSSR count). The van der Waals surface area contributed by atoms with Crippen LogP contribution in [0.2, 0.25) is 0 Å². The van der Waals surface area contributed by atoms with Crippen LogP contribution in [0.25, 0.3) is 0 Å². The van der Waals surface area contributed by atoms with Gasteiger partial charge in [0.25, 0.3) is 0 Å². The van der Waals surface area contributed by atoms with Crippen molar-refractivity contribution in [1.82, 2.24) is 0 Å². The third kappa shape index (κ3) is 3.88. The first-order valence-corrected chi connectivity index (χ1v) is 7.69. The third-order valence-electron chi connectivity index (χ3n) is 3.96. The van der Waals surface area contributed by atoms with Crippen LogP contribution in [-0.4, -0.2) is 19.0 Å². The molecule has 2 aromatic carbocycles. The van der Waals surface area contributed by atoms with Crippen molar-refractivity contribution in [2.75, 3.05) is 23.3 Å². The Balaban J connectivity index is 2.08. The van der Waals surface area contributed by atoms with Gasteiger partial charge in [-0.3, -0.25) is 4.79 Å². The average Bonchev–Trinajstić information content (AvgIpc) is 2.49. The van der Waals surface area contributed by atoms with Gasteiger partial charge in [0.15, 0.2) is 0 Å². The SMILES string of the molecule is CCN(CC(=O)Nc1cccc(C)c1C)c1cccc(C)c1. The standard InChI is InChI=1S/C19H24N2O/c1-5-21(17-10-6-8-14(2)12-17)13-19(22)20-18-11-7-9-15(3)16(18)4/h6-12H,5,13H2,1-4H3,(H,20,22). The van der Waals surface area contributed by atoms with Gasteiger partial charge < -0.3 is 10.2 Å². The molecule has 0 spiro atoms. The Morgan fingerprint density at radius 2 is 1.82 bits per heavy atom. The van der Waals surface area contributed by atoms with E-state index in [0.29, 0.717) is 6.54 Å². The molecule has 3 nitrogen and oxygen atoms in total. The van der Waals surface area contributed by atoms with E-state index >= 15 is 0 Å². The Morgan fingerprint density at radius 3 is 2.50 bits per heavy atom. The summed E-state index contributed by atoms with van der Waals surface area (Å²) in [5.74, 6) is 0.0112. The molecule has 3 heteroatoms. The van der Waals surface area contributed by atoms with E-state index in [1.807, 2.05) is 31.2 Å². The zero-order chi connectivity index (χ0) is 16.1. The fourth-order valence-corrected chi connectivity index (χ4v) is 2.46. The maximum atomic E-state index is 12.4. The molecule has 0 bridgehead atoms. The number of amides is 1. The molecule has 0 heterocycles. The summed E-state index contributed by atoms with van der Waals surface area (Å²) in [6.45, 7) is 9.36. The minimum atomic E-state index is 0.0112. The number of carbonyl (C=O) groups is 1. The fraction of sp³-hybridized carbons (Fsp3) is 0.316. The van der Waals surface area contributed by atoms with Gasteiger partial charge in [0, 0.05) is 17.9 Å². The molecule has 0 saturated carbocycles. The van der Waals surface area contributed by atoms with Gasteiger partial charge >= 0.3 is 0 Å². The minimum Gasteiger partial charge on any atom is -0.362 e. The summed E-state index contributed by atoms with van der Waals surface area (Å²) < 4.78 is 0. The number of rotatable bonds is 5. The van der Waals surface area contributed by atoms with Crippen molar-refractivity contribution in [3.8, 4) is 0 Å². The smallest absolute Gasteiger partial charge is 0.243 e. The lowest BCUT2D eigenvalue weighted by Crippen LogP contribution is -2.33. The molecule has 116 valence electrons. The normalized spacial score (nSPS) is 10.4. The van der Waals surface area contributed by atoms with Gasteiger partial charge in [-0.15, -0.1) is 0 Å². The Hall–Kier alpha value is -2.29. The Bertz CT molecular complexity index is 664. The second-order valence-corrected chi connectivity index (χ2v) is 5.65. The topological polar surface area (TPSA) is 32.3 Å². The average molecular weight is 296 g/mol. The molecule has 1 amide bonds. The molecule has 0 aliphatic carbocycles. The molecule has 0 aromatic heterocycles. The van der Waals surface area contributed by atoms with Crippen LogP contribution >= 0.6 is 0 Å². The summed E-state index contributed by atoms with van der Waals surface area (Å²) in [4.78, 5) is 14.4. The van der Waals surface area contributed by atoms with E-state index in [-0.39, 0.29) is 5.91 Å². The number of nitrogens with one attached hydrogen (secondary N) is 1. The van der Waals surface area contributed by atoms with E-state index in [1.54, 1.807) is 0 Å². The van der Waals surface area contributed by atoms with Crippen LogP contribution in [0.5, 0.6) is 0 Å². The van der Waals surface area contributed by atoms with Gasteiger partial charge in [0.05, 0.1) is 6.54 Å². The number of hydrogen-bond donors (Lipinski definition) is 1. The number of carbonyl (C=O) groups excluding carboxylic acids is 1. The molecule has 0 aliphatic heterocycles. The van der Waals surface area contributed by atoms with Gasteiger partial charge in [-0.2, -0.15) is 0 Å². The minimum absolute atomic E-state index is 0.0112. The number of benzene rings is 2. The monoisotopic (exact) mass is 296 g/mol. The Morgan fingerprint density at radius 1 is 1.09 bits per heavy atom. The number of likely N-dealkylation sites (N-methyl/N-ethyl adjacent to an activating group) is 1. The van der Waals surface area contributed by atoms with Crippen LogP contribution in [0.1, 0.15) is 23.6 Å². The van der Waals surface area contributed by atoms with Crippen molar-refractivity contribution >= 4 is 17.3 Å². The highest BCUT2D eigenvalue weighted by Crippen LogP contribution is 2.19. The van der Waals surface area contributed by atoms with Gasteiger partial charge in [-0.05, 0) is 62.6 Å². The number of hydrogen-bond acceptors (Lipinski definition) is 2. The molecular formula is C19H24N2O. The molecule has 0 unspecified atom stereocenters. The molecule has 22 heavy (non-hydrogen) atoms. The van der Waals surface area contributed by atoms with Gasteiger partial charge in [-0.1, -0.05) is 24.3 Å². The predicted molar refractivity (Wildman–Crippen MR) is 93.6 cm³/mol. The van der Waals surface area contributed by atoms with Crippen molar-refractivity contribution < 1.29 is 4.79 Å². The van der Waals surface area contributed by atoms with Crippen molar-refractivity contribution in [2.24, 2.45) is 0 Å². The highest BCUT2D eigenvalue weighted by molar-refractivity contribution is 5.94. The lowest BCUT2D eigenvalue weighted by Gasteiger charge is -2.23. The molecule has 0 radical (unpaired) electrons. The number of anilines is 2. The van der Waals surface area contributed by atoms with Crippen LogP contribution < -0.4 is 10.2 Å². The molecule has 0 fully saturated rings. The summed E-state index contributed by atoms with van der Waals surface area (Å²) >= 11 is 0. The van der Waals surface area contributed by atoms with Crippen LogP contribution in [0, 0.1) is 20.8 Å². The summed E-state index contributed by atoms with van der Waals surface area (Å²) in [5, 5.41) is 3.02. The molecule has 2 aromatic rings. The highest BCUT2D eigenvalue weighted by Gasteiger charge is 2.11. The predicted octanol–water partition coefficient (Wildman–Crippen LogP) is 4.08. The Labute approximate surface area is 133 Å². The third-order valence-corrected chi connectivity index (χ3v) is 3.96. The largest absolute Gasteiger partial charge is 0.362 e. The van der Waals surface area contributed by atoms with Crippen molar-refractivity contribution in [3.63, 3.8) is 0 Å². The van der Waals surface area contributed by atoms with Gasteiger partial charge in [0.2, 0.25) is 5.91 Å². The second-order valence-electron chi connectivity index (χ2n) is 5.65. The van der Waals surface area contributed by atoms with Gasteiger partial charge in [0.1, 0.15) is 0 Å². The van der Waals surface area contributed by atoms with Crippen LogP contribution in [0.4, 0.5) is 11.4 Å². The van der Waals surface area contributed by atoms with Crippen molar-refractivity contribution in [3.05, 3.63) is 59.2 Å². The highest BCUT2D eigenvalue weighted by atomic mass is 16.2. The fourth-order valence-electron chi connectivity index (χ4n) is 2.46. The molecule has 0 aliphatic rings. The van der Waals surface area contributed by atoms with Crippen LogP contribution in [0.3, 0.4) is 0 Å².